The normalized spacial score (nSPS) is 23.3. The maximum atomic E-state index is 5.31. The third kappa shape index (κ3) is 1.75. The fourth-order valence-corrected chi connectivity index (χ4v) is 1.15. The quantitative estimate of drug-likeness (QED) is 0.580. The topological polar surface area (TPSA) is 12.0 Å². The van der Waals surface area contributed by atoms with Gasteiger partial charge in [0.05, 0.1) is 6.04 Å². The summed E-state index contributed by atoms with van der Waals surface area (Å²) in [7, 11) is 1.93. The van der Waals surface area contributed by atoms with Crippen LogP contribution in [0.25, 0.3) is 0 Å². The summed E-state index contributed by atoms with van der Waals surface area (Å²) < 4.78 is 0. The van der Waals surface area contributed by atoms with E-state index in [1.165, 1.54) is 12.8 Å². The molecular formula is C9H15N. The molecule has 0 aromatic carbocycles. The molecular weight excluding hydrogens is 122 g/mol. The van der Waals surface area contributed by atoms with Crippen molar-refractivity contribution in [3.8, 4) is 12.3 Å². The maximum absolute atomic E-state index is 5.31. The van der Waals surface area contributed by atoms with Gasteiger partial charge in [-0.2, -0.15) is 0 Å². The van der Waals surface area contributed by atoms with E-state index in [0.717, 1.165) is 6.42 Å². The summed E-state index contributed by atoms with van der Waals surface area (Å²) in [5.41, 5.74) is 0.569. The Morgan fingerprint density at radius 1 is 1.70 bits per heavy atom. The number of terminal acetylenes is 1. The second-order valence-corrected chi connectivity index (χ2v) is 3.52. The smallest absolute Gasteiger partial charge is 0.0689 e. The van der Waals surface area contributed by atoms with E-state index in [4.69, 9.17) is 6.42 Å². The van der Waals surface area contributed by atoms with Gasteiger partial charge in [-0.05, 0) is 31.7 Å². The van der Waals surface area contributed by atoms with Crippen LogP contribution >= 0.6 is 0 Å². The first-order valence-electron chi connectivity index (χ1n) is 3.83. The van der Waals surface area contributed by atoms with E-state index in [9.17, 15) is 0 Å². The Kier molecular flexibility index (Phi) is 2.01. The third-order valence-corrected chi connectivity index (χ3v) is 2.35. The second-order valence-electron chi connectivity index (χ2n) is 3.52. The van der Waals surface area contributed by atoms with Crippen molar-refractivity contribution < 1.29 is 0 Å². The van der Waals surface area contributed by atoms with Crippen LogP contribution in [0.3, 0.4) is 0 Å². The first-order valence-corrected chi connectivity index (χ1v) is 3.83. The molecule has 0 spiro atoms. The minimum atomic E-state index is 0.285. The molecule has 1 rings (SSSR count). The van der Waals surface area contributed by atoms with E-state index in [0.29, 0.717) is 5.41 Å². The van der Waals surface area contributed by atoms with Gasteiger partial charge in [0, 0.05) is 0 Å². The first kappa shape index (κ1) is 7.63. The van der Waals surface area contributed by atoms with Crippen molar-refractivity contribution in [2.75, 3.05) is 7.05 Å². The molecule has 1 atom stereocenters. The van der Waals surface area contributed by atoms with Crippen molar-refractivity contribution >= 4 is 0 Å². The van der Waals surface area contributed by atoms with Crippen LogP contribution in [-0.2, 0) is 0 Å². The van der Waals surface area contributed by atoms with E-state index in [1.54, 1.807) is 0 Å². The lowest BCUT2D eigenvalue weighted by molar-refractivity contribution is 0.459. The van der Waals surface area contributed by atoms with Gasteiger partial charge in [-0.1, -0.05) is 12.8 Å². The number of hydrogen-bond donors (Lipinski definition) is 1. The summed E-state index contributed by atoms with van der Waals surface area (Å²) in [6.45, 7) is 2.30. The zero-order chi connectivity index (χ0) is 7.61. The molecule has 0 amide bonds. The molecule has 1 nitrogen and oxygen atoms in total. The van der Waals surface area contributed by atoms with Gasteiger partial charge in [0.1, 0.15) is 0 Å². The molecule has 1 aliphatic rings. The average molecular weight is 137 g/mol. The van der Waals surface area contributed by atoms with E-state index in [1.807, 2.05) is 7.05 Å². The highest BCUT2D eigenvalue weighted by Gasteiger charge is 2.38. The van der Waals surface area contributed by atoms with Crippen LogP contribution in [0.1, 0.15) is 26.2 Å². The first-order chi connectivity index (χ1) is 4.70. The number of rotatable bonds is 3. The summed E-state index contributed by atoms with van der Waals surface area (Å²) in [5.74, 6) is 2.74. The highest BCUT2D eigenvalue weighted by molar-refractivity contribution is 5.04. The Labute approximate surface area is 63.2 Å². The molecule has 1 saturated carbocycles. The van der Waals surface area contributed by atoms with Gasteiger partial charge < -0.3 is 5.32 Å². The van der Waals surface area contributed by atoms with Gasteiger partial charge in [0.25, 0.3) is 0 Å². The highest BCUT2D eigenvalue weighted by Crippen LogP contribution is 2.48. The molecule has 10 heavy (non-hydrogen) atoms. The molecule has 0 aromatic rings. The summed E-state index contributed by atoms with van der Waals surface area (Å²) in [6.07, 6.45) is 9.15. The zero-order valence-corrected chi connectivity index (χ0v) is 6.78. The van der Waals surface area contributed by atoms with E-state index in [2.05, 4.69) is 18.2 Å². The minimum absolute atomic E-state index is 0.285. The molecule has 1 fully saturated rings. The Balaban J connectivity index is 2.30. The van der Waals surface area contributed by atoms with Gasteiger partial charge >= 0.3 is 0 Å². The third-order valence-electron chi connectivity index (χ3n) is 2.35. The molecule has 0 bridgehead atoms. The van der Waals surface area contributed by atoms with Crippen LogP contribution in [0.5, 0.6) is 0 Å². The van der Waals surface area contributed by atoms with Crippen molar-refractivity contribution in [2.24, 2.45) is 5.41 Å². The van der Waals surface area contributed by atoms with Crippen molar-refractivity contribution in [2.45, 2.75) is 32.2 Å². The molecule has 1 aliphatic carbocycles. The van der Waals surface area contributed by atoms with Crippen LogP contribution < -0.4 is 5.32 Å². The van der Waals surface area contributed by atoms with Crippen molar-refractivity contribution in [3.63, 3.8) is 0 Å². The van der Waals surface area contributed by atoms with Crippen LogP contribution in [0.15, 0.2) is 0 Å². The lowest BCUT2D eigenvalue weighted by Crippen LogP contribution is -2.25. The zero-order valence-electron chi connectivity index (χ0n) is 6.78. The van der Waals surface area contributed by atoms with Gasteiger partial charge in [-0.25, -0.2) is 0 Å². The molecule has 0 aromatic heterocycles. The molecule has 0 radical (unpaired) electrons. The van der Waals surface area contributed by atoms with Gasteiger partial charge in [0.2, 0.25) is 0 Å². The Morgan fingerprint density at radius 3 is 2.60 bits per heavy atom. The summed E-state index contributed by atoms with van der Waals surface area (Å²) in [6, 6.07) is 0.285. The lowest BCUT2D eigenvalue weighted by Gasteiger charge is -2.13. The SMILES string of the molecule is C#CC(CC1(C)CC1)NC. The van der Waals surface area contributed by atoms with Crippen molar-refractivity contribution in [1.29, 1.82) is 0 Å². The Bertz CT molecular complexity index is 151. The van der Waals surface area contributed by atoms with Crippen molar-refractivity contribution in [3.05, 3.63) is 0 Å². The van der Waals surface area contributed by atoms with Crippen molar-refractivity contribution in [1.82, 2.24) is 5.32 Å². The number of hydrogen-bond acceptors (Lipinski definition) is 1. The highest BCUT2D eigenvalue weighted by atomic mass is 14.9. The van der Waals surface area contributed by atoms with E-state index >= 15 is 0 Å². The maximum Gasteiger partial charge on any atom is 0.0689 e. The molecule has 1 unspecified atom stereocenters. The van der Waals surface area contributed by atoms with Gasteiger partial charge in [-0.15, -0.1) is 6.42 Å². The fraction of sp³-hybridized carbons (Fsp3) is 0.778. The molecule has 0 aliphatic heterocycles. The number of nitrogens with one attached hydrogen (secondary N) is 1. The van der Waals surface area contributed by atoms with Crippen LogP contribution in [0, 0.1) is 17.8 Å². The van der Waals surface area contributed by atoms with E-state index in [-0.39, 0.29) is 6.04 Å². The molecule has 1 heteroatoms. The van der Waals surface area contributed by atoms with Gasteiger partial charge in [-0.3, -0.25) is 0 Å². The molecule has 0 heterocycles. The summed E-state index contributed by atoms with van der Waals surface area (Å²) >= 11 is 0. The molecule has 56 valence electrons. The standard InChI is InChI=1S/C9H15N/c1-4-8(10-3)7-9(2)5-6-9/h1,8,10H,5-7H2,2-3H3. The van der Waals surface area contributed by atoms with Gasteiger partial charge in [0.15, 0.2) is 0 Å². The predicted octanol–water partition coefficient (Wildman–Crippen LogP) is 1.40. The lowest BCUT2D eigenvalue weighted by atomic mass is 10.00. The monoisotopic (exact) mass is 137 g/mol. The Hall–Kier alpha value is -0.480. The average Bonchev–Trinajstić information content (AvgIpc) is 2.64. The molecule has 1 N–H and O–H groups in total. The van der Waals surface area contributed by atoms with Crippen LogP contribution in [0.2, 0.25) is 0 Å². The molecule has 0 saturated heterocycles. The van der Waals surface area contributed by atoms with Crippen LogP contribution in [-0.4, -0.2) is 13.1 Å². The van der Waals surface area contributed by atoms with E-state index < -0.39 is 0 Å². The largest absolute Gasteiger partial charge is 0.307 e. The minimum Gasteiger partial charge on any atom is -0.307 e. The second kappa shape index (κ2) is 2.64. The Morgan fingerprint density at radius 2 is 2.30 bits per heavy atom. The van der Waals surface area contributed by atoms with Crippen LogP contribution in [0.4, 0.5) is 0 Å². The predicted molar refractivity (Wildman–Crippen MR) is 43.6 cm³/mol. The summed E-state index contributed by atoms with van der Waals surface area (Å²) in [4.78, 5) is 0. The summed E-state index contributed by atoms with van der Waals surface area (Å²) in [5, 5.41) is 3.11. The fourth-order valence-electron chi connectivity index (χ4n) is 1.15.